The molecule has 0 spiro atoms. The van der Waals surface area contributed by atoms with E-state index in [1.165, 1.54) is 28.7 Å². The number of nitrogens with one attached hydrogen (secondary N) is 1. The third kappa shape index (κ3) is 6.20. The van der Waals surface area contributed by atoms with Gasteiger partial charge in [0.15, 0.2) is 0 Å². The van der Waals surface area contributed by atoms with Crippen LogP contribution in [0, 0.1) is 32.1 Å². The predicted molar refractivity (Wildman–Crippen MR) is 144 cm³/mol. The molecule has 36 heavy (non-hydrogen) atoms. The number of ether oxygens (including phenoxy) is 2. The van der Waals surface area contributed by atoms with Crippen LogP contribution < -0.4 is 5.32 Å². The molecule has 0 aliphatic carbocycles. The number of aryl methyl sites for hydroxylation is 2. The Morgan fingerprint density at radius 2 is 1.89 bits per heavy atom. The molecule has 0 bridgehead atoms. The van der Waals surface area contributed by atoms with Gasteiger partial charge in [-0.05, 0) is 71.2 Å². The van der Waals surface area contributed by atoms with Gasteiger partial charge in [-0.15, -0.1) is 22.7 Å². The highest BCUT2D eigenvalue weighted by Gasteiger charge is 2.28. The quantitative estimate of drug-likeness (QED) is 0.265. The molecule has 3 aromatic rings. The molecule has 9 heteroatoms. The smallest absolute Gasteiger partial charge is 0.349 e. The Balaban J connectivity index is 1.95. The molecule has 0 fully saturated rings. The van der Waals surface area contributed by atoms with E-state index in [1.54, 1.807) is 34.6 Å². The molecule has 1 N–H and O–H groups in total. The fourth-order valence-electron chi connectivity index (χ4n) is 3.29. The molecule has 2 aromatic heterocycles. The maximum Gasteiger partial charge on any atom is 0.349 e. The molecular weight excluding hydrogens is 494 g/mol. The number of carbonyl (C=O) groups is 2. The maximum atomic E-state index is 12.8. The monoisotopic (exact) mass is 523 g/mol. The van der Waals surface area contributed by atoms with E-state index < -0.39 is 17.5 Å². The van der Waals surface area contributed by atoms with Gasteiger partial charge in [-0.2, -0.15) is 5.26 Å². The molecule has 0 radical (unpaired) electrons. The van der Waals surface area contributed by atoms with Crippen molar-refractivity contribution in [3.63, 3.8) is 0 Å². The van der Waals surface area contributed by atoms with Gasteiger partial charge in [0.05, 0.1) is 17.9 Å². The first-order valence-corrected chi connectivity index (χ1v) is 13.1. The van der Waals surface area contributed by atoms with Gasteiger partial charge in [-0.1, -0.05) is 12.1 Å². The Morgan fingerprint density at radius 3 is 2.50 bits per heavy atom. The molecule has 0 aliphatic rings. The van der Waals surface area contributed by atoms with Gasteiger partial charge >= 0.3 is 11.9 Å². The number of benzene rings is 1. The Labute approximate surface area is 219 Å². The minimum Gasteiger partial charge on any atom is -0.462 e. The minimum absolute atomic E-state index is 0.189. The number of rotatable bonds is 7. The third-order valence-corrected chi connectivity index (χ3v) is 7.29. The van der Waals surface area contributed by atoms with Gasteiger partial charge < -0.3 is 14.8 Å². The average Bonchev–Trinajstić information content (AvgIpc) is 3.40. The van der Waals surface area contributed by atoms with Crippen LogP contribution in [0.5, 0.6) is 0 Å². The Bertz CT molecular complexity index is 1370. The second-order valence-electron chi connectivity index (χ2n) is 9.13. The number of thiophene rings is 1. The Morgan fingerprint density at radius 1 is 1.17 bits per heavy atom. The van der Waals surface area contributed by atoms with Crippen LogP contribution in [0.4, 0.5) is 5.00 Å². The summed E-state index contributed by atoms with van der Waals surface area (Å²) in [5.74, 6) is -1.08. The van der Waals surface area contributed by atoms with Crippen LogP contribution in [0.3, 0.4) is 0 Å². The molecule has 188 valence electrons. The summed E-state index contributed by atoms with van der Waals surface area (Å²) in [7, 11) is 0. The van der Waals surface area contributed by atoms with Crippen LogP contribution in [0.25, 0.3) is 16.8 Å². The minimum atomic E-state index is -0.683. The van der Waals surface area contributed by atoms with Crippen molar-refractivity contribution in [2.24, 2.45) is 0 Å². The van der Waals surface area contributed by atoms with Gasteiger partial charge in [-0.25, -0.2) is 14.6 Å². The van der Waals surface area contributed by atoms with Crippen molar-refractivity contribution >= 4 is 45.2 Å². The first kappa shape index (κ1) is 27.1. The zero-order valence-electron chi connectivity index (χ0n) is 21.4. The zero-order valence-corrected chi connectivity index (χ0v) is 23.1. The third-order valence-electron chi connectivity index (χ3n) is 5.22. The Kier molecular flexibility index (Phi) is 8.33. The first-order chi connectivity index (χ1) is 16.9. The highest BCUT2D eigenvalue weighted by Crippen LogP contribution is 2.36. The van der Waals surface area contributed by atoms with E-state index in [4.69, 9.17) is 9.47 Å². The number of hydrogen-bond acceptors (Lipinski definition) is 9. The lowest BCUT2D eigenvalue weighted by atomic mass is 10.1. The second-order valence-corrected chi connectivity index (χ2v) is 11.0. The number of esters is 2. The summed E-state index contributed by atoms with van der Waals surface area (Å²) in [6, 6.07) is 8.29. The normalized spacial score (nSPS) is 11.7. The molecule has 0 saturated heterocycles. The summed E-state index contributed by atoms with van der Waals surface area (Å²) in [6.07, 6.45) is 1.50. The lowest BCUT2D eigenvalue weighted by Crippen LogP contribution is -2.23. The number of hydrogen-bond donors (Lipinski definition) is 1. The van der Waals surface area contributed by atoms with Gasteiger partial charge in [0.2, 0.25) is 0 Å². The number of nitrogens with zero attached hydrogens (tertiary/aromatic N) is 2. The van der Waals surface area contributed by atoms with E-state index in [1.807, 2.05) is 24.4 Å². The van der Waals surface area contributed by atoms with Crippen molar-refractivity contribution in [3.05, 3.63) is 61.9 Å². The fraction of sp³-hybridized carbons (Fsp3) is 0.333. The topological polar surface area (TPSA) is 101 Å². The van der Waals surface area contributed by atoms with Crippen LogP contribution in [0.2, 0.25) is 0 Å². The largest absolute Gasteiger partial charge is 0.462 e. The highest BCUT2D eigenvalue weighted by atomic mass is 32.1. The van der Waals surface area contributed by atoms with Crippen molar-refractivity contribution in [1.82, 2.24) is 4.98 Å². The van der Waals surface area contributed by atoms with E-state index in [0.29, 0.717) is 26.0 Å². The van der Waals surface area contributed by atoms with Crippen LogP contribution >= 0.6 is 22.7 Å². The SMILES string of the molecule is CCOC(=O)c1c(N/C=C(/C#N)c2nc(-c3ccc(C)c(C)c3)cs2)sc(C(=O)OC(C)(C)C)c1C. The van der Waals surface area contributed by atoms with Crippen LogP contribution in [-0.4, -0.2) is 29.1 Å². The molecule has 0 unspecified atom stereocenters. The number of aromatic nitrogens is 1. The van der Waals surface area contributed by atoms with Crippen molar-refractivity contribution in [2.45, 2.75) is 54.1 Å². The van der Waals surface area contributed by atoms with Gasteiger partial charge in [0.25, 0.3) is 0 Å². The van der Waals surface area contributed by atoms with E-state index in [0.717, 1.165) is 22.6 Å². The predicted octanol–water partition coefficient (Wildman–Crippen LogP) is 6.91. The standard InChI is InChI=1S/C27H29N3O4S2/c1-8-33-25(31)21-17(4)22(26(32)34-27(5,6)7)36-24(21)29-13-19(12-28)23-30-20(14-35-23)18-10-9-15(2)16(3)11-18/h9-11,13-14,29H,8H2,1-7H3/b19-13-. The zero-order chi connectivity index (χ0) is 26.6. The van der Waals surface area contributed by atoms with E-state index in [2.05, 4.69) is 29.4 Å². The molecule has 2 heterocycles. The van der Waals surface area contributed by atoms with Crippen LogP contribution in [-0.2, 0) is 9.47 Å². The van der Waals surface area contributed by atoms with E-state index in [9.17, 15) is 14.9 Å². The first-order valence-electron chi connectivity index (χ1n) is 11.4. The van der Waals surface area contributed by atoms with Gasteiger partial charge in [-0.3, -0.25) is 0 Å². The van der Waals surface area contributed by atoms with Crippen molar-refractivity contribution in [2.75, 3.05) is 11.9 Å². The molecule has 0 amide bonds. The van der Waals surface area contributed by atoms with Crippen molar-refractivity contribution in [1.29, 1.82) is 5.26 Å². The van der Waals surface area contributed by atoms with Crippen LogP contribution in [0.15, 0.2) is 29.8 Å². The maximum absolute atomic E-state index is 12.8. The molecule has 7 nitrogen and oxygen atoms in total. The number of anilines is 1. The lowest BCUT2D eigenvalue weighted by molar-refractivity contribution is 0.00745. The van der Waals surface area contributed by atoms with E-state index in [-0.39, 0.29) is 12.2 Å². The van der Waals surface area contributed by atoms with Gasteiger partial charge in [0, 0.05) is 17.1 Å². The molecule has 1 aromatic carbocycles. The summed E-state index contributed by atoms with van der Waals surface area (Å²) >= 11 is 2.44. The summed E-state index contributed by atoms with van der Waals surface area (Å²) in [4.78, 5) is 30.4. The highest BCUT2D eigenvalue weighted by molar-refractivity contribution is 7.18. The lowest BCUT2D eigenvalue weighted by Gasteiger charge is -2.19. The molecule has 3 rings (SSSR count). The second kappa shape index (κ2) is 11.1. The molecule has 0 saturated carbocycles. The van der Waals surface area contributed by atoms with E-state index >= 15 is 0 Å². The number of nitriles is 1. The number of thiazole rings is 1. The average molecular weight is 524 g/mol. The van der Waals surface area contributed by atoms with Crippen molar-refractivity contribution < 1.29 is 19.1 Å². The summed E-state index contributed by atoms with van der Waals surface area (Å²) in [5, 5.41) is 15.7. The number of carbonyl (C=O) groups excluding carboxylic acids is 2. The molecule has 0 atom stereocenters. The number of allylic oxidation sites excluding steroid dienone is 1. The molecule has 0 aliphatic heterocycles. The van der Waals surface area contributed by atoms with Gasteiger partial charge in [0.1, 0.15) is 32.1 Å². The molecular formula is C27H29N3O4S2. The fourth-order valence-corrected chi connectivity index (χ4v) is 5.13. The Hall–Kier alpha value is -3.48. The summed E-state index contributed by atoms with van der Waals surface area (Å²) < 4.78 is 10.7. The summed E-state index contributed by atoms with van der Waals surface area (Å²) in [5.41, 5.74) is 4.45. The van der Waals surface area contributed by atoms with Crippen LogP contribution in [0.1, 0.15) is 69.4 Å². The summed E-state index contributed by atoms with van der Waals surface area (Å²) in [6.45, 7) is 13.0. The van der Waals surface area contributed by atoms with Crippen molar-refractivity contribution in [3.8, 4) is 17.3 Å².